The van der Waals surface area contributed by atoms with Crippen LogP contribution in [0.5, 0.6) is 0 Å². The highest BCUT2D eigenvalue weighted by molar-refractivity contribution is 6.18. The lowest BCUT2D eigenvalue weighted by atomic mass is 9.99. The van der Waals surface area contributed by atoms with Crippen molar-refractivity contribution in [3.8, 4) is 11.1 Å². The number of rotatable bonds is 3. The van der Waals surface area contributed by atoms with Crippen LogP contribution in [0.15, 0.2) is 99.3 Å². The molecule has 31 heavy (non-hydrogen) atoms. The molecule has 0 radical (unpaired) electrons. The lowest BCUT2D eigenvalue weighted by Crippen LogP contribution is -1.99. The summed E-state index contributed by atoms with van der Waals surface area (Å²) in [4.78, 5) is 9.22. The Kier molecular flexibility index (Phi) is 4.07. The number of hydrogen-bond acceptors (Lipinski definition) is 2. The smallest absolute Gasteiger partial charge is 0.155 e. The van der Waals surface area contributed by atoms with E-state index in [1.165, 1.54) is 27.8 Å². The molecule has 1 heterocycles. The Morgan fingerprint density at radius 3 is 2.52 bits per heavy atom. The molecule has 0 saturated heterocycles. The molecule has 0 atom stereocenters. The second kappa shape index (κ2) is 7.06. The zero-order chi connectivity index (χ0) is 20.8. The molecule has 3 heteroatoms. The van der Waals surface area contributed by atoms with E-state index < -0.39 is 0 Å². The summed E-state index contributed by atoms with van der Waals surface area (Å²) in [7, 11) is 0. The minimum atomic E-state index is 0.554. The zero-order valence-electron chi connectivity index (χ0n) is 17.0. The van der Waals surface area contributed by atoms with Gasteiger partial charge in [0.1, 0.15) is 11.2 Å². The first-order valence-corrected chi connectivity index (χ1v) is 10.4. The average Bonchev–Trinajstić information content (AvgIpc) is 3.38. The molecule has 4 aromatic carbocycles. The van der Waals surface area contributed by atoms with E-state index in [0.717, 1.165) is 33.9 Å². The Balaban J connectivity index is 1.46. The molecule has 0 bridgehead atoms. The van der Waals surface area contributed by atoms with E-state index in [1.54, 1.807) is 0 Å². The number of furan rings is 1. The first-order valence-electron chi connectivity index (χ1n) is 10.4. The monoisotopic (exact) mass is 400 g/mol. The van der Waals surface area contributed by atoms with Gasteiger partial charge in [-0.15, -0.1) is 0 Å². The minimum Gasteiger partial charge on any atom is -0.456 e. The Morgan fingerprint density at radius 1 is 0.806 bits per heavy atom. The van der Waals surface area contributed by atoms with Crippen LogP contribution in [0.2, 0.25) is 0 Å². The number of amidine groups is 1. The maximum absolute atomic E-state index is 6.03. The van der Waals surface area contributed by atoms with Crippen LogP contribution < -0.4 is 0 Å². The van der Waals surface area contributed by atoms with Crippen LogP contribution in [-0.2, 0) is 13.0 Å². The van der Waals surface area contributed by atoms with E-state index in [-0.39, 0.29) is 0 Å². The van der Waals surface area contributed by atoms with Gasteiger partial charge in [-0.1, -0.05) is 72.8 Å². The third kappa shape index (κ3) is 2.82. The van der Waals surface area contributed by atoms with Gasteiger partial charge >= 0.3 is 0 Å². The number of nitrogens with zero attached hydrogens (tertiary/aromatic N) is 2. The van der Waals surface area contributed by atoms with Crippen molar-refractivity contribution in [1.82, 2.24) is 0 Å². The van der Waals surface area contributed by atoms with Crippen molar-refractivity contribution >= 4 is 34.5 Å². The molecule has 1 aliphatic carbocycles. The van der Waals surface area contributed by atoms with Gasteiger partial charge in [-0.25, -0.2) is 4.99 Å². The summed E-state index contributed by atoms with van der Waals surface area (Å²) in [5, 5.41) is 2.10. The van der Waals surface area contributed by atoms with E-state index in [1.807, 2.05) is 36.4 Å². The van der Waals surface area contributed by atoms with Crippen LogP contribution in [0, 0.1) is 0 Å². The fraction of sp³-hybridized carbons (Fsp3) is 0.0714. The number of benzene rings is 4. The molecule has 0 spiro atoms. The predicted molar refractivity (Wildman–Crippen MR) is 128 cm³/mol. The van der Waals surface area contributed by atoms with Crippen LogP contribution in [0.3, 0.4) is 0 Å². The van der Waals surface area contributed by atoms with Gasteiger partial charge in [0.05, 0.1) is 6.54 Å². The molecule has 5 aromatic rings. The molecule has 1 aromatic heterocycles. The van der Waals surface area contributed by atoms with Crippen LogP contribution >= 0.6 is 0 Å². The Hall–Kier alpha value is -3.98. The second-order valence-corrected chi connectivity index (χ2v) is 7.86. The van der Waals surface area contributed by atoms with Gasteiger partial charge in [-0.3, -0.25) is 4.99 Å². The largest absolute Gasteiger partial charge is 0.456 e. The average molecular weight is 400 g/mol. The maximum atomic E-state index is 6.03. The predicted octanol–water partition coefficient (Wildman–Crippen LogP) is 6.80. The molecule has 0 saturated carbocycles. The summed E-state index contributed by atoms with van der Waals surface area (Å²) in [5.74, 6) is 0.640. The summed E-state index contributed by atoms with van der Waals surface area (Å²) < 4.78 is 6.03. The topological polar surface area (TPSA) is 37.9 Å². The number of fused-ring (bicyclic) bond motifs is 6. The molecular weight excluding hydrogens is 380 g/mol. The minimum absolute atomic E-state index is 0.554. The van der Waals surface area contributed by atoms with Crippen molar-refractivity contribution in [3.63, 3.8) is 0 Å². The zero-order valence-corrected chi connectivity index (χ0v) is 17.0. The van der Waals surface area contributed by atoms with Crippen molar-refractivity contribution < 1.29 is 4.42 Å². The van der Waals surface area contributed by atoms with Crippen molar-refractivity contribution in [2.75, 3.05) is 0 Å². The standard InChI is InChI=1S/C28H20N2O/c1-29-28(23-13-7-15-25-27(23)22-12-4-5-14-24(22)31-25)30-17-20-10-6-9-19-16-18-8-2-3-11-21(18)26(19)20/h2-15H,1,16-17H2. The highest BCUT2D eigenvalue weighted by Gasteiger charge is 2.20. The normalized spacial score (nSPS) is 12.8. The first-order chi connectivity index (χ1) is 15.3. The highest BCUT2D eigenvalue weighted by Crippen LogP contribution is 2.39. The van der Waals surface area contributed by atoms with Crippen molar-refractivity contribution in [2.24, 2.45) is 9.98 Å². The van der Waals surface area contributed by atoms with Crippen molar-refractivity contribution in [3.05, 3.63) is 107 Å². The van der Waals surface area contributed by atoms with E-state index in [0.29, 0.717) is 12.4 Å². The van der Waals surface area contributed by atoms with Gasteiger partial charge in [0, 0.05) is 16.3 Å². The van der Waals surface area contributed by atoms with Crippen LogP contribution in [0.4, 0.5) is 0 Å². The molecule has 0 fully saturated rings. The summed E-state index contributed by atoms with van der Waals surface area (Å²) in [6, 6.07) is 29.2. The van der Waals surface area contributed by atoms with Gasteiger partial charge in [-0.2, -0.15) is 0 Å². The van der Waals surface area contributed by atoms with Gasteiger partial charge in [-0.05, 0) is 53.1 Å². The molecule has 1 aliphatic rings. The third-order valence-electron chi connectivity index (χ3n) is 6.10. The lowest BCUT2D eigenvalue weighted by Gasteiger charge is -2.09. The van der Waals surface area contributed by atoms with Gasteiger partial charge in [0.2, 0.25) is 0 Å². The molecule has 3 nitrogen and oxygen atoms in total. The number of aliphatic imine (C=N–C) groups is 2. The molecule has 0 unspecified atom stereocenters. The van der Waals surface area contributed by atoms with Crippen LogP contribution in [0.1, 0.15) is 22.3 Å². The third-order valence-corrected chi connectivity index (χ3v) is 6.10. The molecule has 6 rings (SSSR count). The fourth-order valence-electron chi connectivity index (χ4n) is 4.74. The molecular formula is C28H20N2O. The summed E-state index contributed by atoms with van der Waals surface area (Å²) in [6.07, 6.45) is 0.982. The lowest BCUT2D eigenvalue weighted by molar-refractivity contribution is 0.669. The maximum Gasteiger partial charge on any atom is 0.155 e. The Labute approximate surface area is 180 Å². The van der Waals surface area contributed by atoms with E-state index >= 15 is 0 Å². The van der Waals surface area contributed by atoms with Gasteiger partial charge in [0.25, 0.3) is 0 Å². The SMILES string of the molecule is C=NC(=NCc1cccc2c1-c1ccccc1C2)c1cccc2oc3ccccc3c12. The first kappa shape index (κ1) is 17.8. The Bertz CT molecular complexity index is 1510. The fourth-order valence-corrected chi connectivity index (χ4v) is 4.74. The van der Waals surface area contributed by atoms with E-state index in [4.69, 9.17) is 9.41 Å². The molecule has 0 amide bonds. The van der Waals surface area contributed by atoms with Crippen molar-refractivity contribution in [1.29, 1.82) is 0 Å². The summed E-state index contributed by atoms with van der Waals surface area (Å²) in [5.41, 5.74) is 9.25. The number of para-hydroxylation sites is 1. The van der Waals surface area contributed by atoms with E-state index in [9.17, 15) is 0 Å². The Morgan fingerprint density at radius 2 is 1.58 bits per heavy atom. The summed E-state index contributed by atoms with van der Waals surface area (Å²) >= 11 is 0. The van der Waals surface area contributed by atoms with Gasteiger partial charge in [0.15, 0.2) is 5.84 Å². The van der Waals surface area contributed by atoms with Gasteiger partial charge < -0.3 is 4.42 Å². The number of hydrogen-bond donors (Lipinski definition) is 0. The second-order valence-electron chi connectivity index (χ2n) is 7.86. The molecule has 0 aliphatic heterocycles. The molecule has 0 N–H and O–H groups in total. The quantitative estimate of drug-likeness (QED) is 0.238. The van der Waals surface area contributed by atoms with Crippen molar-refractivity contribution in [2.45, 2.75) is 13.0 Å². The summed E-state index contributed by atoms with van der Waals surface area (Å²) in [6.45, 7) is 4.37. The molecule has 148 valence electrons. The van der Waals surface area contributed by atoms with E-state index in [2.05, 4.69) is 60.2 Å². The van der Waals surface area contributed by atoms with Crippen LogP contribution in [-0.4, -0.2) is 12.6 Å². The highest BCUT2D eigenvalue weighted by atomic mass is 16.3. The van der Waals surface area contributed by atoms with Crippen LogP contribution in [0.25, 0.3) is 33.1 Å².